The molecule has 0 aliphatic heterocycles. The Labute approximate surface area is 111 Å². The number of hydrogen-bond acceptors (Lipinski definition) is 6. The Morgan fingerprint density at radius 1 is 1.47 bits per heavy atom. The van der Waals surface area contributed by atoms with Gasteiger partial charge in [-0.25, -0.2) is 4.98 Å². The quantitative estimate of drug-likeness (QED) is 0.714. The lowest BCUT2D eigenvalue weighted by atomic mass is 9.88. The third kappa shape index (κ3) is 2.89. The Kier molecular flexibility index (Phi) is 4.41. The third-order valence-corrected chi connectivity index (χ3v) is 2.94. The van der Waals surface area contributed by atoms with Crippen molar-refractivity contribution in [3.05, 3.63) is 18.3 Å². The molecule has 2 heterocycles. The number of rotatable bonds is 6. The largest absolute Gasteiger partial charge is 0.526 e. The highest BCUT2D eigenvalue weighted by Gasteiger charge is 2.20. The zero-order valence-electron chi connectivity index (χ0n) is 11.0. The van der Waals surface area contributed by atoms with Crippen molar-refractivity contribution in [3.63, 3.8) is 0 Å². The molecule has 2 aromatic heterocycles. The molecule has 7 heteroatoms. The summed E-state index contributed by atoms with van der Waals surface area (Å²) in [4.78, 5) is 6.40. The van der Waals surface area contributed by atoms with Crippen LogP contribution in [0.5, 0.6) is 0 Å². The Morgan fingerprint density at radius 2 is 2.26 bits per heavy atom. The van der Waals surface area contributed by atoms with Gasteiger partial charge in [-0.2, -0.15) is 0 Å². The second kappa shape index (κ2) is 6.05. The van der Waals surface area contributed by atoms with E-state index in [1.165, 1.54) is 0 Å². The number of methoxy groups -OCH3 is 1. The molecule has 0 aliphatic carbocycles. The molecule has 19 heavy (non-hydrogen) atoms. The predicted molar refractivity (Wildman–Crippen MR) is 73.6 cm³/mol. The predicted octanol–water partition coefficient (Wildman–Crippen LogP) is -0.0197. The van der Waals surface area contributed by atoms with E-state index in [0.29, 0.717) is 18.7 Å². The summed E-state index contributed by atoms with van der Waals surface area (Å²) in [5.74, 6) is 0.757. The van der Waals surface area contributed by atoms with Gasteiger partial charge >= 0.3 is 7.12 Å². The van der Waals surface area contributed by atoms with Crippen LogP contribution in [-0.4, -0.2) is 49.0 Å². The van der Waals surface area contributed by atoms with Crippen LogP contribution in [0.25, 0.3) is 11.0 Å². The summed E-state index contributed by atoms with van der Waals surface area (Å²) in [6.07, 6.45) is 1.64. The molecule has 0 bridgehead atoms. The van der Waals surface area contributed by atoms with Crippen molar-refractivity contribution in [1.29, 1.82) is 0 Å². The van der Waals surface area contributed by atoms with Crippen LogP contribution in [-0.2, 0) is 4.74 Å². The lowest BCUT2D eigenvalue weighted by Gasteiger charge is -2.21. The summed E-state index contributed by atoms with van der Waals surface area (Å²) in [5.41, 5.74) is 0.705. The molecule has 0 saturated heterocycles. The highest BCUT2D eigenvalue weighted by Crippen LogP contribution is 2.24. The van der Waals surface area contributed by atoms with Crippen LogP contribution < -0.4 is 10.6 Å². The number of pyridine rings is 1. The molecule has 0 atom stereocenters. The molecule has 2 aromatic rings. The summed E-state index contributed by atoms with van der Waals surface area (Å²) in [6, 6.07) is 3.31. The van der Waals surface area contributed by atoms with Gasteiger partial charge in [0.1, 0.15) is 17.1 Å². The fourth-order valence-corrected chi connectivity index (χ4v) is 1.96. The van der Waals surface area contributed by atoms with E-state index in [2.05, 4.69) is 9.88 Å². The zero-order valence-corrected chi connectivity index (χ0v) is 11.0. The first kappa shape index (κ1) is 13.9. The van der Waals surface area contributed by atoms with Crippen LogP contribution in [0.4, 0.5) is 5.82 Å². The summed E-state index contributed by atoms with van der Waals surface area (Å²) >= 11 is 0. The van der Waals surface area contributed by atoms with E-state index in [1.54, 1.807) is 25.4 Å². The monoisotopic (exact) mass is 264 g/mol. The van der Waals surface area contributed by atoms with Crippen LogP contribution in [0.15, 0.2) is 22.7 Å². The first-order valence-corrected chi connectivity index (χ1v) is 6.15. The number of fused-ring (bicyclic) bond motifs is 1. The number of anilines is 1. The Balaban J connectivity index is 2.41. The van der Waals surface area contributed by atoms with E-state index >= 15 is 0 Å². The lowest BCUT2D eigenvalue weighted by molar-refractivity contribution is 0.205. The molecule has 0 saturated carbocycles. The molecule has 0 spiro atoms. The topological polar surface area (TPSA) is 79.0 Å². The second-order valence-corrected chi connectivity index (χ2v) is 4.14. The minimum atomic E-state index is -1.62. The summed E-state index contributed by atoms with van der Waals surface area (Å²) in [6.45, 7) is 4.11. The SMILES string of the molecule is CCN(CCOC)c1nccc2oc(B(O)O)cc12. The van der Waals surface area contributed by atoms with Gasteiger partial charge in [0.15, 0.2) is 0 Å². The Bertz CT molecular complexity index is 544. The zero-order chi connectivity index (χ0) is 13.8. The number of aromatic nitrogens is 1. The van der Waals surface area contributed by atoms with Crippen molar-refractivity contribution >= 4 is 29.6 Å². The maximum atomic E-state index is 9.16. The standard InChI is InChI=1S/C12H17BN2O4/c1-3-15(6-7-18-2)12-9-8-11(13(16)17)19-10(9)4-5-14-12/h4-5,8,16-17H,3,6-7H2,1-2H3. The fraction of sp³-hybridized carbons (Fsp3) is 0.417. The molecular formula is C12H17BN2O4. The molecule has 0 unspecified atom stereocenters. The van der Waals surface area contributed by atoms with E-state index in [4.69, 9.17) is 19.2 Å². The highest BCUT2D eigenvalue weighted by atomic mass is 16.5. The minimum Gasteiger partial charge on any atom is -0.464 e. The van der Waals surface area contributed by atoms with Gasteiger partial charge in [0.25, 0.3) is 0 Å². The van der Waals surface area contributed by atoms with Gasteiger partial charge in [-0.15, -0.1) is 0 Å². The van der Waals surface area contributed by atoms with Gasteiger partial charge in [-0.05, 0) is 19.1 Å². The minimum absolute atomic E-state index is 0.118. The van der Waals surface area contributed by atoms with E-state index in [-0.39, 0.29) is 5.66 Å². The molecule has 0 radical (unpaired) electrons. The van der Waals surface area contributed by atoms with Crippen LogP contribution in [0, 0.1) is 0 Å². The van der Waals surface area contributed by atoms with Crippen LogP contribution >= 0.6 is 0 Å². The number of hydrogen-bond donors (Lipinski definition) is 2. The van der Waals surface area contributed by atoms with E-state index in [0.717, 1.165) is 17.7 Å². The van der Waals surface area contributed by atoms with Crippen LogP contribution in [0.3, 0.4) is 0 Å². The maximum Gasteiger partial charge on any atom is 0.526 e. The molecule has 0 aliphatic rings. The normalized spacial score (nSPS) is 10.9. The van der Waals surface area contributed by atoms with Crippen molar-refractivity contribution in [1.82, 2.24) is 4.98 Å². The number of nitrogens with zero attached hydrogens (tertiary/aromatic N) is 2. The summed E-state index contributed by atoms with van der Waals surface area (Å²) in [7, 11) is 0.0363. The van der Waals surface area contributed by atoms with E-state index in [1.807, 2.05) is 6.92 Å². The first-order chi connectivity index (χ1) is 9.17. The van der Waals surface area contributed by atoms with Gasteiger partial charge in [-0.3, -0.25) is 0 Å². The Hall–Kier alpha value is -1.57. The molecular weight excluding hydrogens is 247 g/mol. The van der Waals surface area contributed by atoms with Crippen LogP contribution in [0.1, 0.15) is 6.92 Å². The third-order valence-electron chi connectivity index (χ3n) is 2.94. The average molecular weight is 264 g/mol. The molecule has 2 rings (SSSR count). The van der Waals surface area contributed by atoms with Crippen molar-refractivity contribution in [2.75, 3.05) is 31.7 Å². The van der Waals surface area contributed by atoms with Gasteiger partial charge in [-0.1, -0.05) is 0 Å². The van der Waals surface area contributed by atoms with E-state index in [9.17, 15) is 0 Å². The van der Waals surface area contributed by atoms with Gasteiger partial charge in [0.2, 0.25) is 0 Å². The summed E-state index contributed by atoms with van der Waals surface area (Å²) < 4.78 is 10.4. The molecule has 0 aromatic carbocycles. The molecule has 6 nitrogen and oxygen atoms in total. The molecule has 2 N–H and O–H groups in total. The second-order valence-electron chi connectivity index (χ2n) is 4.14. The van der Waals surface area contributed by atoms with Gasteiger partial charge < -0.3 is 24.1 Å². The number of likely N-dealkylation sites (N-methyl/N-ethyl adjacent to an activating group) is 1. The number of ether oxygens (including phenoxy) is 1. The lowest BCUT2D eigenvalue weighted by Crippen LogP contribution is -2.28. The fourth-order valence-electron chi connectivity index (χ4n) is 1.96. The van der Waals surface area contributed by atoms with Crippen molar-refractivity contribution in [2.45, 2.75) is 6.92 Å². The van der Waals surface area contributed by atoms with Crippen molar-refractivity contribution in [2.24, 2.45) is 0 Å². The van der Waals surface area contributed by atoms with Crippen molar-refractivity contribution in [3.8, 4) is 0 Å². The summed E-state index contributed by atoms with van der Waals surface area (Å²) in [5, 5.41) is 19.1. The Morgan fingerprint density at radius 3 is 2.89 bits per heavy atom. The molecule has 0 amide bonds. The smallest absolute Gasteiger partial charge is 0.464 e. The molecule has 102 valence electrons. The van der Waals surface area contributed by atoms with Gasteiger partial charge in [0, 0.05) is 26.4 Å². The van der Waals surface area contributed by atoms with Gasteiger partial charge in [0.05, 0.1) is 12.0 Å². The van der Waals surface area contributed by atoms with Crippen molar-refractivity contribution < 1.29 is 19.2 Å². The van der Waals surface area contributed by atoms with Crippen LogP contribution in [0.2, 0.25) is 0 Å². The molecule has 0 fully saturated rings. The number of furan rings is 1. The maximum absolute atomic E-state index is 9.16. The van der Waals surface area contributed by atoms with E-state index < -0.39 is 7.12 Å². The average Bonchev–Trinajstić information content (AvgIpc) is 2.84. The highest BCUT2D eigenvalue weighted by molar-refractivity contribution is 6.57. The first-order valence-electron chi connectivity index (χ1n) is 6.15.